The number of rotatable bonds is 5. The number of amides is 1. The van der Waals surface area contributed by atoms with Crippen LogP contribution in [0.3, 0.4) is 0 Å². The Bertz CT molecular complexity index is 829. The van der Waals surface area contributed by atoms with Crippen molar-refractivity contribution in [3.63, 3.8) is 0 Å². The molecule has 122 valence electrons. The van der Waals surface area contributed by atoms with Crippen LogP contribution in [0.4, 0.5) is 5.69 Å². The van der Waals surface area contributed by atoms with Crippen LogP contribution in [0, 0.1) is 0 Å². The van der Waals surface area contributed by atoms with E-state index in [2.05, 4.69) is 10.3 Å². The molecule has 0 fully saturated rings. The molecule has 3 aromatic rings. The van der Waals surface area contributed by atoms with Gasteiger partial charge in [-0.25, -0.2) is 4.98 Å². The van der Waals surface area contributed by atoms with Gasteiger partial charge in [0.25, 0.3) is 0 Å². The van der Waals surface area contributed by atoms with E-state index in [4.69, 9.17) is 0 Å². The molecule has 0 saturated carbocycles. The summed E-state index contributed by atoms with van der Waals surface area (Å²) in [6.45, 7) is 1.89. The largest absolute Gasteiger partial charge is 0.329 e. The zero-order valence-corrected chi connectivity index (χ0v) is 14.5. The first-order valence-electron chi connectivity index (χ1n) is 7.74. The van der Waals surface area contributed by atoms with Crippen molar-refractivity contribution in [3.05, 3.63) is 67.0 Å². The summed E-state index contributed by atoms with van der Waals surface area (Å²) in [5.74, 6) is -0.0358. The lowest BCUT2D eigenvalue weighted by molar-refractivity contribution is -0.115. The first kappa shape index (κ1) is 16.3. The molecule has 0 aliphatic carbocycles. The average Bonchev–Trinajstić information content (AvgIpc) is 3.01. The molecule has 2 aromatic carbocycles. The van der Waals surface area contributed by atoms with Gasteiger partial charge in [0.1, 0.15) is 0 Å². The molecule has 1 amide bonds. The first-order valence-corrected chi connectivity index (χ1v) is 8.62. The fraction of sp³-hybridized carbons (Fsp3) is 0.158. The Morgan fingerprint density at radius 2 is 1.83 bits per heavy atom. The van der Waals surface area contributed by atoms with E-state index in [1.807, 2.05) is 79.3 Å². The molecule has 0 bridgehead atoms. The van der Waals surface area contributed by atoms with Crippen LogP contribution < -0.4 is 5.32 Å². The number of nitrogens with zero attached hydrogens (tertiary/aromatic N) is 2. The van der Waals surface area contributed by atoms with Crippen molar-refractivity contribution in [2.45, 2.75) is 17.3 Å². The van der Waals surface area contributed by atoms with Crippen LogP contribution in [-0.2, 0) is 11.8 Å². The third kappa shape index (κ3) is 3.68. The minimum Gasteiger partial charge on any atom is -0.329 e. The smallest absolute Gasteiger partial charge is 0.237 e. The van der Waals surface area contributed by atoms with E-state index < -0.39 is 0 Å². The van der Waals surface area contributed by atoms with Gasteiger partial charge in [-0.3, -0.25) is 4.79 Å². The standard InChI is InChI=1S/C19H19N3OS/c1-14(24-19-20-12-13-22(19)2)18(23)21-17-11-7-6-10-16(17)15-8-4-3-5-9-15/h3-14H,1-2H3,(H,21,23)/t14-/m0/s1. The Kier molecular flexibility index (Phi) is 5.01. The Morgan fingerprint density at radius 3 is 2.54 bits per heavy atom. The highest BCUT2D eigenvalue weighted by molar-refractivity contribution is 8.00. The molecule has 0 spiro atoms. The minimum absolute atomic E-state index is 0.0358. The molecule has 24 heavy (non-hydrogen) atoms. The Labute approximate surface area is 145 Å². The van der Waals surface area contributed by atoms with Crippen LogP contribution in [0.15, 0.2) is 72.1 Å². The molecule has 0 unspecified atom stereocenters. The van der Waals surface area contributed by atoms with Crippen LogP contribution in [0.5, 0.6) is 0 Å². The predicted octanol–water partition coefficient (Wildman–Crippen LogP) is 4.21. The molecule has 0 aliphatic rings. The van der Waals surface area contributed by atoms with E-state index in [1.54, 1.807) is 6.20 Å². The number of aryl methyl sites for hydroxylation is 1. The number of carbonyl (C=O) groups is 1. The number of anilines is 1. The average molecular weight is 337 g/mol. The van der Waals surface area contributed by atoms with Crippen molar-refractivity contribution in [1.82, 2.24) is 9.55 Å². The summed E-state index contributed by atoms with van der Waals surface area (Å²) >= 11 is 1.45. The van der Waals surface area contributed by atoms with E-state index in [1.165, 1.54) is 11.8 Å². The van der Waals surface area contributed by atoms with Gasteiger partial charge in [-0.2, -0.15) is 0 Å². The molecule has 5 heteroatoms. The fourth-order valence-corrected chi connectivity index (χ4v) is 3.20. The van der Waals surface area contributed by atoms with E-state index >= 15 is 0 Å². The van der Waals surface area contributed by atoms with E-state index in [0.717, 1.165) is 22.0 Å². The number of benzene rings is 2. The molecule has 4 nitrogen and oxygen atoms in total. The van der Waals surface area contributed by atoms with Crippen LogP contribution in [0.1, 0.15) is 6.92 Å². The molecule has 1 N–H and O–H groups in total. The maximum Gasteiger partial charge on any atom is 0.237 e. The first-order chi connectivity index (χ1) is 11.6. The minimum atomic E-state index is -0.241. The number of imidazole rings is 1. The molecule has 0 aliphatic heterocycles. The van der Waals surface area contributed by atoms with Gasteiger partial charge in [-0.15, -0.1) is 0 Å². The number of nitrogens with one attached hydrogen (secondary N) is 1. The van der Waals surface area contributed by atoms with Crippen molar-refractivity contribution in [1.29, 1.82) is 0 Å². The third-order valence-corrected chi connectivity index (χ3v) is 4.87. The third-order valence-electron chi connectivity index (χ3n) is 3.70. The summed E-state index contributed by atoms with van der Waals surface area (Å²) in [5, 5.41) is 3.63. The topological polar surface area (TPSA) is 46.9 Å². The lowest BCUT2D eigenvalue weighted by atomic mass is 10.0. The predicted molar refractivity (Wildman–Crippen MR) is 99.0 cm³/mol. The van der Waals surface area contributed by atoms with E-state index in [-0.39, 0.29) is 11.2 Å². The van der Waals surface area contributed by atoms with E-state index in [9.17, 15) is 4.79 Å². The van der Waals surface area contributed by atoms with Crippen LogP contribution in [0.2, 0.25) is 0 Å². The Hall–Kier alpha value is -2.53. The molecule has 1 atom stereocenters. The maximum absolute atomic E-state index is 12.6. The van der Waals surface area contributed by atoms with E-state index in [0.29, 0.717) is 0 Å². The Morgan fingerprint density at radius 1 is 1.12 bits per heavy atom. The van der Waals surface area contributed by atoms with Crippen LogP contribution >= 0.6 is 11.8 Å². The summed E-state index contributed by atoms with van der Waals surface area (Å²) in [6, 6.07) is 17.9. The second kappa shape index (κ2) is 7.36. The molecule has 0 saturated heterocycles. The second-order valence-electron chi connectivity index (χ2n) is 5.48. The number of hydrogen-bond acceptors (Lipinski definition) is 3. The normalized spacial score (nSPS) is 11.9. The molecule has 0 radical (unpaired) electrons. The highest BCUT2D eigenvalue weighted by Crippen LogP contribution is 2.29. The summed E-state index contributed by atoms with van der Waals surface area (Å²) in [7, 11) is 1.92. The molecular weight excluding hydrogens is 318 g/mol. The van der Waals surface area contributed by atoms with Crippen molar-refractivity contribution in [2.24, 2.45) is 7.05 Å². The van der Waals surface area contributed by atoms with Gasteiger partial charge < -0.3 is 9.88 Å². The molecular formula is C19H19N3OS. The summed E-state index contributed by atoms with van der Waals surface area (Å²) < 4.78 is 1.91. The zero-order chi connectivity index (χ0) is 16.9. The number of aromatic nitrogens is 2. The molecule has 1 aromatic heterocycles. The van der Waals surface area contributed by atoms with Gasteiger partial charge in [0, 0.05) is 30.7 Å². The number of para-hydroxylation sites is 1. The second-order valence-corrected chi connectivity index (χ2v) is 6.79. The van der Waals surface area contributed by atoms with Gasteiger partial charge in [-0.05, 0) is 18.6 Å². The monoisotopic (exact) mass is 337 g/mol. The van der Waals surface area contributed by atoms with Crippen LogP contribution in [0.25, 0.3) is 11.1 Å². The summed E-state index contributed by atoms with van der Waals surface area (Å²) in [6.07, 6.45) is 3.61. The Balaban J connectivity index is 1.76. The van der Waals surface area contributed by atoms with Gasteiger partial charge >= 0.3 is 0 Å². The van der Waals surface area contributed by atoms with Crippen LogP contribution in [-0.4, -0.2) is 20.7 Å². The number of carbonyl (C=O) groups excluding carboxylic acids is 1. The highest BCUT2D eigenvalue weighted by atomic mass is 32.2. The number of hydrogen-bond donors (Lipinski definition) is 1. The molecule has 3 rings (SSSR count). The molecule has 1 heterocycles. The summed E-state index contributed by atoms with van der Waals surface area (Å²) in [5.41, 5.74) is 2.92. The van der Waals surface area contributed by atoms with Gasteiger partial charge in [-0.1, -0.05) is 60.3 Å². The van der Waals surface area contributed by atoms with Gasteiger partial charge in [0.05, 0.1) is 5.25 Å². The highest BCUT2D eigenvalue weighted by Gasteiger charge is 2.18. The van der Waals surface area contributed by atoms with Gasteiger partial charge in [0.2, 0.25) is 5.91 Å². The summed E-state index contributed by atoms with van der Waals surface area (Å²) in [4.78, 5) is 16.8. The lowest BCUT2D eigenvalue weighted by Gasteiger charge is -2.14. The number of thioether (sulfide) groups is 1. The van der Waals surface area contributed by atoms with Crippen molar-refractivity contribution in [3.8, 4) is 11.1 Å². The fourth-order valence-electron chi connectivity index (χ4n) is 2.37. The quantitative estimate of drug-likeness (QED) is 0.710. The van der Waals surface area contributed by atoms with Crippen molar-refractivity contribution in [2.75, 3.05) is 5.32 Å². The SMILES string of the molecule is C[C@H](Sc1nccn1C)C(=O)Nc1ccccc1-c1ccccc1. The lowest BCUT2D eigenvalue weighted by Crippen LogP contribution is -2.23. The van der Waals surface area contributed by atoms with Gasteiger partial charge in [0.15, 0.2) is 5.16 Å². The van der Waals surface area contributed by atoms with Crippen molar-refractivity contribution >= 4 is 23.4 Å². The van der Waals surface area contributed by atoms with Crippen molar-refractivity contribution < 1.29 is 4.79 Å². The zero-order valence-electron chi connectivity index (χ0n) is 13.6. The maximum atomic E-state index is 12.6.